The number of carbonyl (C=O) groups is 1. The van der Waals surface area contributed by atoms with Crippen molar-refractivity contribution in [3.05, 3.63) is 29.8 Å². The van der Waals surface area contributed by atoms with E-state index in [1.165, 1.54) is 5.56 Å². The molecule has 0 aliphatic heterocycles. The summed E-state index contributed by atoms with van der Waals surface area (Å²) < 4.78 is 5.72. The summed E-state index contributed by atoms with van der Waals surface area (Å²) in [7, 11) is 0. The van der Waals surface area contributed by atoms with Crippen LogP contribution in [-0.4, -0.2) is 29.8 Å². The summed E-state index contributed by atoms with van der Waals surface area (Å²) in [6.45, 7) is 10.3. The van der Waals surface area contributed by atoms with Gasteiger partial charge in [-0.2, -0.15) is 0 Å². The lowest BCUT2D eigenvalue weighted by atomic mass is 10.0. The van der Waals surface area contributed by atoms with Crippen molar-refractivity contribution in [2.75, 3.05) is 6.54 Å². The number of benzene rings is 1. The van der Waals surface area contributed by atoms with Gasteiger partial charge in [-0.25, -0.2) is 0 Å². The molecule has 1 rings (SSSR count). The monoisotopic (exact) mass is 307 g/mol. The van der Waals surface area contributed by atoms with Crippen molar-refractivity contribution >= 4 is 5.91 Å². The Hall–Kier alpha value is -1.55. The van der Waals surface area contributed by atoms with Crippen molar-refractivity contribution in [3.63, 3.8) is 0 Å². The molecule has 0 saturated carbocycles. The van der Waals surface area contributed by atoms with Crippen molar-refractivity contribution in [1.82, 2.24) is 5.32 Å². The SMILES string of the molecule is CC(O)CC(C)CNC(=O)C(C)Oc1cccc(C(C)C)c1. The molecule has 0 fully saturated rings. The zero-order chi connectivity index (χ0) is 16.7. The van der Waals surface area contributed by atoms with Gasteiger partial charge in [0.15, 0.2) is 6.10 Å². The molecule has 0 saturated heterocycles. The fourth-order valence-corrected chi connectivity index (χ4v) is 2.29. The van der Waals surface area contributed by atoms with E-state index in [-0.39, 0.29) is 17.9 Å². The first kappa shape index (κ1) is 18.5. The molecule has 124 valence electrons. The van der Waals surface area contributed by atoms with E-state index in [0.717, 1.165) is 0 Å². The number of ether oxygens (including phenoxy) is 1. The lowest BCUT2D eigenvalue weighted by Gasteiger charge is -2.18. The highest BCUT2D eigenvalue weighted by atomic mass is 16.5. The van der Waals surface area contributed by atoms with Gasteiger partial charge >= 0.3 is 0 Å². The Morgan fingerprint density at radius 1 is 1.23 bits per heavy atom. The quantitative estimate of drug-likeness (QED) is 0.776. The third kappa shape index (κ3) is 6.48. The molecule has 0 aromatic heterocycles. The number of hydrogen-bond acceptors (Lipinski definition) is 3. The third-order valence-corrected chi connectivity index (χ3v) is 3.58. The second-order valence-electron chi connectivity index (χ2n) is 6.42. The maximum atomic E-state index is 12.1. The van der Waals surface area contributed by atoms with Gasteiger partial charge in [0.25, 0.3) is 5.91 Å². The molecule has 0 radical (unpaired) electrons. The van der Waals surface area contributed by atoms with Gasteiger partial charge in [0.1, 0.15) is 5.75 Å². The van der Waals surface area contributed by atoms with E-state index >= 15 is 0 Å². The predicted octanol–water partition coefficient (Wildman–Crippen LogP) is 3.10. The molecule has 1 aromatic rings. The molecule has 1 amide bonds. The molecule has 0 aliphatic rings. The summed E-state index contributed by atoms with van der Waals surface area (Å²) in [6.07, 6.45) is -0.216. The molecule has 4 heteroatoms. The normalized spacial score (nSPS) is 15.2. The molecule has 4 nitrogen and oxygen atoms in total. The Morgan fingerprint density at radius 2 is 1.91 bits per heavy atom. The molecule has 2 N–H and O–H groups in total. The van der Waals surface area contributed by atoms with E-state index in [1.54, 1.807) is 13.8 Å². The summed E-state index contributed by atoms with van der Waals surface area (Å²) in [5, 5.41) is 12.2. The van der Waals surface area contributed by atoms with Gasteiger partial charge in [0.05, 0.1) is 6.10 Å². The van der Waals surface area contributed by atoms with Crippen LogP contribution in [0.4, 0.5) is 0 Å². The molecule has 3 unspecified atom stereocenters. The molecular weight excluding hydrogens is 278 g/mol. The number of aliphatic hydroxyl groups is 1. The lowest BCUT2D eigenvalue weighted by molar-refractivity contribution is -0.127. The van der Waals surface area contributed by atoms with E-state index < -0.39 is 6.10 Å². The highest BCUT2D eigenvalue weighted by molar-refractivity contribution is 5.80. The number of carbonyl (C=O) groups excluding carboxylic acids is 1. The average Bonchev–Trinajstić information content (AvgIpc) is 2.44. The van der Waals surface area contributed by atoms with Crippen molar-refractivity contribution in [1.29, 1.82) is 0 Å². The number of nitrogens with one attached hydrogen (secondary N) is 1. The van der Waals surface area contributed by atoms with Crippen LogP contribution in [0.1, 0.15) is 52.5 Å². The first-order valence-corrected chi connectivity index (χ1v) is 8.02. The van der Waals surface area contributed by atoms with Gasteiger partial charge in [-0.15, -0.1) is 0 Å². The molecule has 3 atom stereocenters. The minimum atomic E-state index is -0.541. The van der Waals surface area contributed by atoms with Crippen LogP contribution in [0, 0.1) is 5.92 Å². The second kappa shape index (κ2) is 8.79. The maximum absolute atomic E-state index is 12.1. The van der Waals surface area contributed by atoms with Crippen LogP contribution in [0.5, 0.6) is 5.75 Å². The van der Waals surface area contributed by atoms with Crippen molar-refractivity contribution in [2.45, 2.75) is 59.2 Å². The van der Waals surface area contributed by atoms with Crippen LogP contribution in [0.15, 0.2) is 24.3 Å². The molecule has 0 spiro atoms. The fraction of sp³-hybridized carbons (Fsp3) is 0.611. The number of rotatable bonds is 8. The molecule has 0 aliphatic carbocycles. The Bertz CT molecular complexity index is 471. The fourth-order valence-electron chi connectivity index (χ4n) is 2.29. The maximum Gasteiger partial charge on any atom is 0.260 e. The van der Waals surface area contributed by atoms with Gasteiger partial charge in [-0.3, -0.25) is 4.79 Å². The van der Waals surface area contributed by atoms with E-state index in [0.29, 0.717) is 24.6 Å². The molecule has 0 heterocycles. The van der Waals surface area contributed by atoms with Gasteiger partial charge in [-0.1, -0.05) is 32.9 Å². The van der Waals surface area contributed by atoms with Gasteiger partial charge in [-0.05, 0) is 49.8 Å². The van der Waals surface area contributed by atoms with E-state index in [1.807, 2.05) is 25.1 Å². The van der Waals surface area contributed by atoms with Crippen LogP contribution in [0.25, 0.3) is 0 Å². The minimum Gasteiger partial charge on any atom is -0.481 e. The number of hydrogen-bond donors (Lipinski definition) is 2. The minimum absolute atomic E-state index is 0.132. The van der Waals surface area contributed by atoms with Crippen molar-refractivity contribution < 1.29 is 14.6 Å². The first-order valence-electron chi connectivity index (χ1n) is 8.02. The van der Waals surface area contributed by atoms with Gasteiger partial charge in [0.2, 0.25) is 0 Å². The van der Waals surface area contributed by atoms with E-state index in [9.17, 15) is 9.90 Å². The van der Waals surface area contributed by atoms with E-state index in [4.69, 9.17) is 4.74 Å². The second-order valence-corrected chi connectivity index (χ2v) is 6.42. The van der Waals surface area contributed by atoms with Crippen molar-refractivity contribution in [2.24, 2.45) is 5.92 Å². The van der Waals surface area contributed by atoms with Gasteiger partial charge in [0, 0.05) is 6.54 Å². The highest BCUT2D eigenvalue weighted by Gasteiger charge is 2.16. The Balaban J connectivity index is 2.48. The molecule has 22 heavy (non-hydrogen) atoms. The smallest absolute Gasteiger partial charge is 0.260 e. The van der Waals surface area contributed by atoms with Crippen LogP contribution >= 0.6 is 0 Å². The summed E-state index contributed by atoms with van der Waals surface area (Å²) in [6, 6.07) is 7.84. The summed E-state index contributed by atoms with van der Waals surface area (Å²) in [5.74, 6) is 1.24. The lowest BCUT2D eigenvalue weighted by Crippen LogP contribution is -2.38. The first-order chi connectivity index (χ1) is 10.3. The van der Waals surface area contributed by atoms with E-state index in [2.05, 4.69) is 25.2 Å². The zero-order valence-electron chi connectivity index (χ0n) is 14.3. The topological polar surface area (TPSA) is 58.6 Å². The Labute approximate surface area is 133 Å². The zero-order valence-corrected chi connectivity index (χ0v) is 14.3. The predicted molar refractivity (Wildman–Crippen MR) is 89.1 cm³/mol. The van der Waals surface area contributed by atoms with Crippen LogP contribution < -0.4 is 10.1 Å². The molecule has 1 aromatic carbocycles. The van der Waals surface area contributed by atoms with Crippen LogP contribution in [-0.2, 0) is 4.79 Å². The summed E-state index contributed by atoms with van der Waals surface area (Å²) >= 11 is 0. The largest absolute Gasteiger partial charge is 0.481 e. The molecule has 0 bridgehead atoms. The number of aliphatic hydroxyl groups excluding tert-OH is 1. The highest BCUT2D eigenvalue weighted by Crippen LogP contribution is 2.21. The Morgan fingerprint density at radius 3 is 2.50 bits per heavy atom. The Kier molecular flexibility index (Phi) is 7.39. The van der Waals surface area contributed by atoms with Crippen LogP contribution in [0.2, 0.25) is 0 Å². The number of amides is 1. The van der Waals surface area contributed by atoms with Crippen LogP contribution in [0.3, 0.4) is 0 Å². The average molecular weight is 307 g/mol. The molecular formula is C18H29NO3. The standard InChI is InChI=1S/C18H29NO3/c1-12(2)16-7-6-8-17(10-16)22-15(5)18(21)19-11-13(3)9-14(4)20/h6-8,10,12-15,20H,9,11H2,1-5H3,(H,19,21). The van der Waals surface area contributed by atoms with Gasteiger partial charge < -0.3 is 15.2 Å². The summed E-state index contributed by atoms with van der Waals surface area (Å²) in [4.78, 5) is 12.1. The third-order valence-electron chi connectivity index (χ3n) is 3.58. The summed E-state index contributed by atoms with van der Waals surface area (Å²) in [5.41, 5.74) is 1.19. The van der Waals surface area contributed by atoms with Crippen molar-refractivity contribution in [3.8, 4) is 5.75 Å².